The zero-order chi connectivity index (χ0) is 25.8. The molecule has 1 unspecified atom stereocenters. The molecule has 0 spiro atoms. The van der Waals surface area contributed by atoms with Crippen molar-refractivity contribution in [2.24, 2.45) is 0 Å². The highest BCUT2D eigenvalue weighted by Gasteiger charge is 2.34. The molecule has 3 nitrogen and oxygen atoms in total. The van der Waals surface area contributed by atoms with E-state index in [0.717, 1.165) is 47.3 Å². The zero-order valence-corrected chi connectivity index (χ0v) is 21.9. The van der Waals surface area contributed by atoms with E-state index in [1.165, 1.54) is 26.2 Å². The van der Waals surface area contributed by atoms with Crippen LogP contribution in [0.25, 0.3) is 22.3 Å². The highest BCUT2D eigenvalue weighted by molar-refractivity contribution is 5.85. The lowest BCUT2D eigenvalue weighted by atomic mass is 9.94. The summed E-state index contributed by atoms with van der Waals surface area (Å²) in [4.78, 5) is 12.5. The Morgan fingerprint density at radius 2 is 1.33 bits per heavy atom. The molecule has 0 saturated carbocycles. The third kappa shape index (κ3) is 7.94. The van der Waals surface area contributed by atoms with E-state index in [0.29, 0.717) is 18.8 Å². The summed E-state index contributed by atoms with van der Waals surface area (Å²) in [6.45, 7) is 6.27. The van der Waals surface area contributed by atoms with Crippen molar-refractivity contribution in [3.63, 3.8) is 0 Å². The van der Waals surface area contributed by atoms with Gasteiger partial charge in [-0.05, 0) is 72.7 Å². The van der Waals surface area contributed by atoms with Gasteiger partial charge in [0.05, 0.1) is 6.61 Å². The van der Waals surface area contributed by atoms with E-state index < -0.39 is 11.6 Å². The second-order valence-electron chi connectivity index (χ2n) is 9.55. The standard InChI is InChI=1S/C32H39FO3/c1-4-6-8-12-22-35-27-17-13-15-25(23-27)29-19-9-10-20-30(29)26-16-14-18-28(24-26)36-31(34)32(3,33)21-11-7-5-2/h9-10,13-20,23-24H,4-8,11-12,21-22H2,1-3H3. The van der Waals surface area contributed by atoms with Crippen LogP contribution in [0.1, 0.15) is 72.1 Å². The number of rotatable bonds is 14. The monoisotopic (exact) mass is 490 g/mol. The van der Waals surface area contributed by atoms with E-state index in [4.69, 9.17) is 9.47 Å². The Hall–Kier alpha value is -3.14. The van der Waals surface area contributed by atoms with Crippen LogP contribution >= 0.6 is 0 Å². The van der Waals surface area contributed by atoms with Crippen molar-refractivity contribution in [3.05, 3.63) is 72.8 Å². The minimum Gasteiger partial charge on any atom is -0.494 e. The smallest absolute Gasteiger partial charge is 0.348 e. The fourth-order valence-electron chi connectivity index (χ4n) is 4.21. The molecule has 0 heterocycles. The van der Waals surface area contributed by atoms with Gasteiger partial charge in [-0.15, -0.1) is 0 Å². The highest BCUT2D eigenvalue weighted by atomic mass is 19.1. The molecule has 0 fully saturated rings. The van der Waals surface area contributed by atoms with E-state index in [1.807, 2.05) is 42.5 Å². The van der Waals surface area contributed by atoms with E-state index in [-0.39, 0.29) is 6.42 Å². The number of benzene rings is 3. The van der Waals surface area contributed by atoms with Gasteiger partial charge in [-0.1, -0.05) is 94.5 Å². The summed E-state index contributed by atoms with van der Waals surface area (Å²) in [5.74, 6) is 0.357. The van der Waals surface area contributed by atoms with Gasteiger partial charge in [0.25, 0.3) is 0 Å². The van der Waals surface area contributed by atoms with Gasteiger partial charge < -0.3 is 9.47 Å². The average Bonchev–Trinajstić information content (AvgIpc) is 2.89. The maximum Gasteiger partial charge on any atom is 0.348 e. The molecule has 0 N–H and O–H groups in total. The highest BCUT2D eigenvalue weighted by Crippen LogP contribution is 2.35. The summed E-state index contributed by atoms with van der Waals surface area (Å²) in [6, 6.07) is 23.5. The molecule has 0 radical (unpaired) electrons. The second kappa shape index (κ2) is 13.8. The Bertz CT molecular complexity index is 1110. The van der Waals surface area contributed by atoms with Crippen LogP contribution in [-0.2, 0) is 4.79 Å². The maximum absolute atomic E-state index is 14.9. The van der Waals surface area contributed by atoms with Crippen molar-refractivity contribution >= 4 is 5.97 Å². The molecular formula is C32H39FO3. The molecule has 0 aliphatic rings. The summed E-state index contributed by atoms with van der Waals surface area (Å²) in [5, 5.41) is 0. The van der Waals surface area contributed by atoms with Crippen LogP contribution in [0.15, 0.2) is 72.8 Å². The van der Waals surface area contributed by atoms with Gasteiger partial charge >= 0.3 is 5.97 Å². The molecule has 0 aromatic heterocycles. The SMILES string of the molecule is CCCCCCOc1cccc(-c2ccccc2-c2cccc(OC(=O)C(C)(F)CCCCC)c2)c1. The summed E-state index contributed by atoms with van der Waals surface area (Å²) < 4.78 is 26.4. The summed E-state index contributed by atoms with van der Waals surface area (Å²) in [7, 11) is 0. The molecule has 3 aromatic rings. The molecule has 0 aliphatic heterocycles. The number of carbonyl (C=O) groups is 1. The van der Waals surface area contributed by atoms with Crippen LogP contribution in [0, 0.1) is 0 Å². The van der Waals surface area contributed by atoms with Crippen molar-refractivity contribution in [1.29, 1.82) is 0 Å². The first kappa shape index (κ1) is 27.4. The lowest BCUT2D eigenvalue weighted by molar-refractivity contribution is -0.147. The molecular weight excluding hydrogens is 451 g/mol. The number of halogens is 1. The normalized spacial score (nSPS) is 12.7. The fraction of sp³-hybridized carbons (Fsp3) is 0.406. The first-order chi connectivity index (χ1) is 17.4. The summed E-state index contributed by atoms with van der Waals surface area (Å²) in [5.41, 5.74) is 1.99. The average molecular weight is 491 g/mol. The molecule has 3 aromatic carbocycles. The zero-order valence-electron chi connectivity index (χ0n) is 21.9. The fourth-order valence-corrected chi connectivity index (χ4v) is 4.21. The molecule has 0 aliphatic carbocycles. The van der Waals surface area contributed by atoms with Crippen molar-refractivity contribution in [2.45, 2.75) is 77.8 Å². The quantitative estimate of drug-likeness (QED) is 0.128. The molecule has 192 valence electrons. The van der Waals surface area contributed by atoms with Crippen LogP contribution in [0.5, 0.6) is 11.5 Å². The molecule has 4 heteroatoms. The number of unbranched alkanes of at least 4 members (excludes halogenated alkanes) is 5. The lowest BCUT2D eigenvalue weighted by Gasteiger charge is -2.19. The van der Waals surface area contributed by atoms with Gasteiger partial charge in [0.1, 0.15) is 11.5 Å². The van der Waals surface area contributed by atoms with Crippen LogP contribution in [0.4, 0.5) is 4.39 Å². The van der Waals surface area contributed by atoms with E-state index in [9.17, 15) is 9.18 Å². The van der Waals surface area contributed by atoms with Crippen LogP contribution in [0.3, 0.4) is 0 Å². The predicted molar refractivity (Wildman–Crippen MR) is 146 cm³/mol. The first-order valence-corrected chi connectivity index (χ1v) is 13.3. The van der Waals surface area contributed by atoms with Crippen molar-refractivity contribution in [2.75, 3.05) is 6.61 Å². The largest absolute Gasteiger partial charge is 0.494 e. The van der Waals surface area contributed by atoms with Gasteiger partial charge in [0.15, 0.2) is 0 Å². The third-order valence-corrected chi connectivity index (χ3v) is 6.37. The van der Waals surface area contributed by atoms with Crippen molar-refractivity contribution in [1.82, 2.24) is 0 Å². The van der Waals surface area contributed by atoms with E-state index in [2.05, 4.69) is 32.0 Å². The van der Waals surface area contributed by atoms with E-state index in [1.54, 1.807) is 12.1 Å². The van der Waals surface area contributed by atoms with Gasteiger partial charge in [-0.25, -0.2) is 9.18 Å². The molecule has 3 rings (SSSR count). The molecule has 1 atom stereocenters. The Balaban J connectivity index is 1.77. The topological polar surface area (TPSA) is 35.5 Å². The Labute approximate surface area is 215 Å². The lowest BCUT2D eigenvalue weighted by Crippen LogP contribution is -2.34. The van der Waals surface area contributed by atoms with Crippen LogP contribution < -0.4 is 9.47 Å². The maximum atomic E-state index is 14.9. The van der Waals surface area contributed by atoms with Gasteiger partial charge in [-0.3, -0.25) is 0 Å². The summed E-state index contributed by atoms with van der Waals surface area (Å²) in [6.07, 6.45) is 7.36. The molecule has 0 bridgehead atoms. The number of hydrogen-bond acceptors (Lipinski definition) is 3. The summed E-state index contributed by atoms with van der Waals surface area (Å²) >= 11 is 0. The Morgan fingerprint density at radius 3 is 1.97 bits per heavy atom. The minimum atomic E-state index is -2.00. The van der Waals surface area contributed by atoms with Crippen LogP contribution in [-0.4, -0.2) is 18.2 Å². The number of ether oxygens (including phenoxy) is 2. The van der Waals surface area contributed by atoms with Crippen molar-refractivity contribution in [3.8, 4) is 33.8 Å². The Kier molecular flexibility index (Phi) is 10.5. The van der Waals surface area contributed by atoms with Crippen molar-refractivity contribution < 1.29 is 18.7 Å². The van der Waals surface area contributed by atoms with Crippen LogP contribution in [0.2, 0.25) is 0 Å². The molecule has 36 heavy (non-hydrogen) atoms. The minimum absolute atomic E-state index is 0.166. The number of alkyl halides is 1. The molecule has 0 amide bonds. The third-order valence-electron chi connectivity index (χ3n) is 6.37. The first-order valence-electron chi connectivity index (χ1n) is 13.3. The second-order valence-corrected chi connectivity index (χ2v) is 9.55. The number of carbonyl (C=O) groups excluding carboxylic acids is 1. The predicted octanol–water partition coefficient (Wildman–Crippen LogP) is 9.19. The molecule has 0 saturated heterocycles. The number of hydrogen-bond donors (Lipinski definition) is 0. The van der Waals surface area contributed by atoms with Gasteiger partial charge in [-0.2, -0.15) is 0 Å². The van der Waals surface area contributed by atoms with Gasteiger partial charge in [0, 0.05) is 0 Å². The Morgan fingerprint density at radius 1 is 0.750 bits per heavy atom. The van der Waals surface area contributed by atoms with Gasteiger partial charge in [0.2, 0.25) is 5.67 Å². The number of esters is 1. The van der Waals surface area contributed by atoms with E-state index >= 15 is 0 Å².